The van der Waals surface area contributed by atoms with Crippen molar-refractivity contribution in [3.05, 3.63) is 28.2 Å². The Kier molecular flexibility index (Phi) is 1.67. The van der Waals surface area contributed by atoms with Gasteiger partial charge < -0.3 is 10.1 Å². The summed E-state index contributed by atoms with van der Waals surface area (Å²) in [5.74, 6) is 0.0918. The Balaban J connectivity index is 2.89. The molecule has 12 heavy (non-hydrogen) atoms. The molecule has 1 aromatic carbocycles. The molecular formula is C8H5Cl2NO. The van der Waals surface area contributed by atoms with Crippen molar-refractivity contribution in [3.8, 4) is 5.88 Å². The van der Waals surface area contributed by atoms with Gasteiger partial charge in [-0.1, -0.05) is 29.3 Å². The van der Waals surface area contributed by atoms with Crippen LogP contribution in [0.5, 0.6) is 5.88 Å². The van der Waals surface area contributed by atoms with E-state index in [1.165, 1.54) is 0 Å². The van der Waals surface area contributed by atoms with Gasteiger partial charge in [-0.3, -0.25) is 0 Å². The number of aromatic hydroxyl groups is 1. The van der Waals surface area contributed by atoms with E-state index in [4.69, 9.17) is 28.3 Å². The zero-order chi connectivity index (χ0) is 8.72. The SMILES string of the molecule is Oc1cc2ccc(Cl)c(Cl)c2[nH]1. The molecule has 0 fully saturated rings. The number of nitrogens with one attached hydrogen (secondary N) is 1. The highest BCUT2D eigenvalue weighted by atomic mass is 35.5. The first-order valence-electron chi connectivity index (χ1n) is 3.34. The van der Waals surface area contributed by atoms with Gasteiger partial charge >= 0.3 is 0 Å². The molecule has 0 aliphatic rings. The van der Waals surface area contributed by atoms with E-state index in [2.05, 4.69) is 4.98 Å². The molecule has 0 atom stereocenters. The topological polar surface area (TPSA) is 36.0 Å². The number of aromatic amines is 1. The van der Waals surface area contributed by atoms with Gasteiger partial charge in [-0.05, 0) is 6.07 Å². The summed E-state index contributed by atoms with van der Waals surface area (Å²) in [6.07, 6.45) is 0. The molecule has 2 aromatic rings. The molecule has 0 aliphatic heterocycles. The highest BCUT2D eigenvalue weighted by Crippen LogP contribution is 2.31. The van der Waals surface area contributed by atoms with E-state index in [0.29, 0.717) is 15.6 Å². The van der Waals surface area contributed by atoms with Gasteiger partial charge in [-0.2, -0.15) is 0 Å². The molecule has 2 rings (SSSR count). The summed E-state index contributed by atoms with van der Waals surface area (Å²) in [5, 5.41) is 10.9. The summed E-state index contributed by atoms with van der Waals surface area (Å²) in [6.45, 7) is 0. The molecule has 2 N–H and O–H groups in total. The van der Waals surface area contributed by atoms with E-state index < -0.39 is 0 Å². The van der Waals surface area contributed by atoms with Crippen molar-refractivity contribution in [2.75, 3.05) is 0 Å². The Bertz CT molecular complexity index is 436. The van der Waals surface area contributed by atoms with Crippen LogP contribution in [0.2, 0.25) is 10.0 Å². The average Bonchev–Trinajstić information content (AvgIpc) is 2.39. The lowest BCUT2D eigenvalue weighted by Crippen LogP contribution is -1.71. The molecule has 4 heteroatoms. The molecule has 0 amide bonds. The van der Waals surface area contributed by atoms with Gasteiger partial charge in [0, 0.05) is 11.5 Å². The molecule has 0 saturated heterocycles. The third kappa shape index (κ3) is 1.04. The fourth-order valence-corrected chi connectivity index (χ4v) is 1.50. The molecule has 0 bridgehead atoms. The van der Waals surface area contributed by atoms with Crippen molar-refractivity contribution in [1.82, 2.24) is 4.98 Å². The first kappa shape index (κ1) is 7.77. The molecule has 62 valence electrons. The Labute approximate surface area is 78.7 Å². The largest absolute Gasteiger partial charge is 0.495 e. The Morgan fingerprint density at radius 2 is 2.00 bits per heavy atom. The molecule has 0 aliphatic carbocycles. The minimum atomic E-state index is 0.0918. The fraction of sp³-hybridized carbons (Fsp3) is 0. The van der Waals surface area contributed by atoms with E-state index in [9.17, 15) is 0 Å². The van der Waals surface area contributed by atoms with Crippen molar-refractivity contribution < 1.29 is 5.11 Å². The number of rotatable bonds is 0. The maximum absolute atomic E-state index is 9.11. The molecule has 1 aromatic heterocycles. The van der Waals surface area contributed by atoms with Crippen LogP contribution in [-0.2, 0) is 0 Å². The molecule has 2 nitrogen and oxygen atoms in total. The van der Waals surface area contributed by atoms with Gasteiger partial charge in [0.2, 0.25) is 0 Å². The van der Waals surface area contributed by atoms with Gasteiger partial charge in [0.05, 0.1) is 15.6 Å². The molecule has 1 heterocycles. The summed E-state index contributed by atoms with van der Waals surface area (Å²) in [4.78, 5) is 2.71. The van der Waals surface area contributed by atoms with Crippen LogP contribution in [0.25, 0.3) is 10.9 Å². The summed E-state index contributed by atoms with van der Waals surface area (Å²) >= 11 is 11.6. The smallest absolute Gasteiger partial charge is 0.189 e. The van der Waals surface area contributed by atoms with Gasteiger partial charge in [0.25, 0.3) is 0 Å². The fourth-order valence-electron chi connectivity index (χ4n) is 1.12. The van der Waals surface area contributed by atoms with Crippen molar-refractivity contribution in [3.63, 3.8) is 0 Å². The monoisotopic (exact) mass is 201 g/mol. The van der Waals surface area contributed by atoms with Gasteiger partial charge in [0.15, 0.2) is 5.88 Å². The summed E-state index contributed by atoms with van der Waals surface area (Å²) < 4.78 is 0. The zero-order valence-electron chi connectivity index (χ0n) is 5.94. The Morgan fingerprint density at radius 3 is 2.75 bits per heavy atom. The van der Waals surface area contributed by atoms with Gasteiger partial charge in [-0.25, -0.2) is 0 Å². The van der Waals surface area contributed by atoms with E-state index >= 15 is 0 Å². The van der Waals surface area contributed by atoms with Gasteiger partial charge in [0.1, 0.15) is 0 Å². The quantitative estimate of drug-likeness (QED) is 0.676. The van der Waals surface area contributed by atoms with E-state index in [-0.39, 0.29) is 5.88 Å². The average molecular weight is 202 g/mol. The molecule has 0 saturated carbocycles. The zero-order valence-corrected chi connectivity index (χ0v) is 7.45. The third-order valence-electron chi connectivity index (χ3n) is 1.67. The summed E-state index contributed by atoms with van der Waals surface area (Å²) in [6, 6.07) is 5.08. The van der Waals surface area contributed by atoms with Crippen LogP contribution >= 0.6 is 23.2 Å². The maximum atomic E-state index is 9.11. The number of fused-ring (bicyclic) bond motifs is 1. The molecule has 0 spiro atoms. The standard InChI is InChI=1S/C8H5Cl2NO/c9-5-2-1-4-3-6(12)11-8(4)7(5)10/h1-3,11-12H. The molecule has 0 unspecified atom stereocenters. The van der Waals surface area contributed by atoms with E-state index in [0.717, 1.165) is 5.39 Å². The predicted octanol–water partition coefficient (Wildman–Crippen LogP) is 3.18. The predicted molar refractivity (Wildman–Crippen MR) is 50.0 cm³/mol. The Hall–Kier alpha value is -0.860. The third-order valence-corrected chi connectivity index (χ3v) is 2.48. The van der Waals surface area contributed by atoms with Crippen LogP contribution in [0.4, 0.5) is 0 Å². The highest BCUT2D eigenvalue weighted by molar-refractivity contribution is 6.45. The lowest BCUT2D eigenvalue weighted by atomic mass is 10.2. The second kappa shape index (κ2) is 2.57. The lowest BCUT2D eigenvalue weighted by Gasteiger charge is -1.95. The van der Waals surface area contributed by atoms with Crippen LogP contribution in [0.15, 0.2) is 18.2 Å². The normalized spacial score (nSPS) is 10.8. The Morgan fingerprint density at radius 1 is 1.25 bits per heavy atom. The van der Waals surface area contributed by atoms with Crippen LogP contribution in [0.3, 0.4) is 0 Å². The van der Waals surface area contributed by atoms with Crippen LogP contribution in [0, 0.1) is 0 Å². The number of halogens is 2. The van der Waals surface area contributed by atoms with Crippen molar-refractivity contribution in [2.45, 2.75) is 0 Å². The minimum Gasteiger partial charge on any atom is -0.495 e. The molecule has 0 radical (unpaired) electrons. The van der Waals surface area contributed by atoms with Crippen LogP contribution in [-0.4, -0.2) is 10.1 Å². The second-order valence-electron chi connectivity index (χ2n) is 2.48. The number of aromatic nitrogens is 1. The minimum absolute atomic E-state index is 0.0918. The molecular weight excluding hydrogens is 197 g/mol. The van der Waals surface area contributed by atoms with Crippen molar-refractivity contribution >= 4 is 34.1 Å². The highest BCUT2D eigenvalue weighted by Gasteiger charge is 2.05. The maximum Gasteiger partial charge on any atom is 0.189 e. The number of H-pyrrole nitrogens is 1. The second-order valence-corrected chi connectivity index (χ2v) is 3.27. The summed E-state index contributed by atoms with van der Waals surface area (Å²) in [5.41, 5.74) is 0.668. The number of hydrogen-bond acceptors (Lipinski definition) is 1. The van der Waals surface area contributed by atoms with Crippen LogP contribution in [0.1, 0.15) is 0 Å². The van der Waals surface area contributed by atoms with Gasteiger partial charge in [-0.15, -0.1) is 0 Å². The first-order chi connectivity index (χ1) is 5.68. The van der Waals surface area contributed by atoms with Crippen molar-refractivity contribution in [2.24, 2.45) is 0 Å². The van der Waals surface area contributed by atoms with Crippen molar-refractivity contribution in [1.29, 1.82) is 0 Å². The first-order valence-corrected chi connectivity index (χ1v) is 4.10. The number of hydrogen-bond donors (Lipinski definition) is 2. The summed E-state index contributed by atoms with van der Waals surface area (Å²) in [7, 11) is 0. The lowest BCUT2D eigenvalue weighted by molar-refractivity contribution is 0.458. The van der Waals surface area contributed by atoms with E-state index in [1.807, 2.05) is 0 Å². The van der Waals surface area contributed by atoms with E-state index in [1.54, 1.807) is 18.2 Å². The number of benzene rings is 1. The van der Waals surface area contributed by atoms with Crippen LogP contribution < -0.4 is 0 Å².